The van der Waals surface area contributed by atoms with Gasteiger partial charge < -0.3 is 19.7 Å². The van der Waals surface area contributed by atoms with Crippen LogP contribution >= 0.6 is 0 Å². The van der Waals surface area contributed by atoms with Crippen LogP contribution in [0.25, 0.3) is 0 Å². The van der Waals surface area contributed by atoms with Crippen molar-refractivity contribution in [2.45, 2.75) is 31.4 Å². The lowest BCUT2D eigenvalue weighted by Gasteiger charge is -2.34. The van der Waals surface area contributed by atoms with Crippen LogP contribution in [0.15, 0.2) is 0 Å². The molecule has 2 aliphatic rings. The predicted molar refractivity (Wildman–Crippen MR) is 68.2 cm³/mol. The van der Waals surface area contributed by atoms with Crippen LogP contribution in [0.3, 0.4) is 0 Å². The number of ether oxygens (including phenoxy) is 2. The number of hydrogen-bond acceptors (Lipinski definition) is 4. The minimum Gasteiger partial charge on any atom is -0.381 e. The molecule has 0 radical (unpaired) electrons. The Morgan fingerprint density at radius 1 is 1.24 bits per heavy atom. The Morgan fingerprint density at radius 3 is 2.82 bits per heavy atom. The van der Waals surface area contributed by atoms with Crippen molar-refractivity contribution in [1.29, 1.82) is 0 Å². The quantitative estimate of drug-likeness (QED) is 0.770. The van der Waals surface area contributed by atoms with Crippen LogP contribution in [-0.4, -0.2) is 64.1 Å². The third-order valence-electron chi connectivity index (χ3n) is 3.93. The molecule has 0 aliphatic carbocycles. The topological polar surface area (TPSA) is 33.7 Å². The van der Waals surface area contributed by atoms with Crippen LogP contribution in [0.4, 0.5) is 0 Å². The van der Waals surface area contributed by atoms with Gasteiger partial charge in [-0.15, -0.1) is 0 Å². The first-order valence-electron chi connectivity index (χ1n) is 6.84. The van der Waals surface area contributed by atoms with Gasteiger partial charge in [-0.05, 0) is 33.4 Å². The largest absolute Gasteiger partial charge is 0.381 e. The second kappa shape index (κ2) is 6.69. The van der Waals surface area contributed by atoms with Crippen LogP contribution in [0.5, 0.6) is 0 Å². The molecule has 0 aromatic carbocycles. The van der Waals surface area contributed by atoms with Gasteiger partial charge in [0.1, 0.15) is 0 Å². The third-order valence-corrected chi connectivity index (χ3v) is 3.93. The van der Waals surface area contributed by atoms with Crippen molar-refractivity contribution in [3.8, 4) is 0 Å². The summed E-state index contributed by atoms with van der Waals surface area (Å²) in [4.78, 5) is 2.40. The van der Waals surface area contributed by atoms with Crippen LogP contribution in [0.2, 0.25) is 0 Å². The number of nitrogens with zero attached hydrogens (tertiary/aromatic N) is 1. The van der Waals surface area contributed by atoms with E-state index in [1.165, 1.54) is 12.8 Å². The fourth-order valence-corrected chi connectivity index (χ4v) is 2.97. The van der Waals surface area contributed by atoms with E-state index in [1.54, 1.807) is 0 Å². The highest BCUT2D eigenvalue weighted by Crippen LogP contribution is 2.17. The van der Waals surface area contributed by atoms with Crippen molar-refractivity contribution >= 4 is 0 Å². The van der Waals surface area contributed by atoms with E-state index in [1.807, 2.05) is 0 Å². The van der Waals surface area contributed by atoms with Gasteiger partial charge in [0, 0.05) is 38.3 Å². The maximum Gasteiger partial charge on any atom is 0.0702 e. The zero-order valence-corrected chi connectivity index (χ0v) is 11.2. The van der Waals surface area contributed by atoms with Crippen LogP contribution < -0.4 is 5.32 Å². The Kier molecular flexibility index (Phi) is 5.22. The molecular formula is C13H26N2O2. The van der Waals surface area contributed by atoms with Crippen LogP contribution in [0.1, 0.15) is 19.3 Å². The van der Waals surface area contributed by atoms with Gasteiger partial charge in [0.25, 0.3) is 0 Å². The van der Waals surface area contributed by atoms with Crippen molar-refractivity contribution in [1.82, 2.24) is 10.2 Å². The second-order valence-electron chi connectivity index (χ2n) is 5.38. The summed E-state index contributed by atoms with van der Waals surface area (Å²) >= 11 is 0. The van der Waals surface area contributed by atoms with E-state index < -0.39 is 0 Å². The monoisotopic (exact) mass is 242 g/mol. The van der Waals surface area contributed by atoms with E-state index in [4.69, 9.17) is 9.47 Å². The molecule has 2 rings (SSSR count). The summed E-state index contributed by atoms with van der Waals surface area (Å²) in [5.74, 6) is 0.611. The normalized spacial score (nSPS) is 34.4. The molecule has 17 heavy (non-hydrogen) atoms. The Labute approximate surface area is 105 Å². The molecule has 2 fully saturated rings. The smallest absolute Gasteiger partial charge is 0.0702 e. The Morgan fingerprint density at radius 2 is 2.12 bits per heavy atom. The summed E-state index contributed by atoms with van der Waals surface area (Å²) in [6.07, 6.45) is 4.04. The van der Waals surface area contributed by atoms with Gasteiger partial charge in [-0.2, -0.15) is 0 Å². The zero-order valence-electron chi connectivity index (χ0n) is 11.2. The van der Waals surface area contributed by atoms with Crippen molar-refractivity contribution in [3.05, 3.63) is 0 Å². The first-order valence-corrected chi connectivity index (χ1v) is 6.84. The molecule has 2 heterocycles. The second-order valence-corrected chi connectivity index (χ2v) is 5.38. The summed E-state index contributed by atoms with van der Waals surface area (Å²) in [6.45, 7) is 4.90. The predicted octanol–water partition coefficient (Wildman–Crippen LogP) is 0.722. The number of nitrogens with one attached hydrogen (secondary N) is 1. The zero-order chi connectivity index (χ0) is 12.1. The maximum atomic E-state index is 5.68. The molecule has 1 N–H and O–H groups in total. The molecule has 3 atom stereocenters. The van der Waals surface area contributed by atoms with E-state index in [0.717, 1.165) is 39.3 Å². The average molecular weight is 242 g/mol. The van der Waals surface area contributed by atoms with Crippen molar-refractivity contribution in [3.63, 3.8) is 0 Å². The fourth-order valence-electron chi connectivity index (χ4n) is 2.97. The molecule has 0 amide bonds. The number of hydrogen-bond donors (Lipinski definition) is 1. The number of rotatable bonds is 5. The van der Waals surface area contributed by atoms with Gasteiger partial charge in [-0.25, -0.2) is 0 Å². The lowest BCUT2D eigenvalue weighted by Crippen LogP contribution is -2.46. The molecule has 4 heteroatoms. The van der Waals surface area contributed by atoms with E-state index in [-0.39, 0.29) is 0 Å². The summed E-state index contributed by atoms with van der Waals surface area (Å²) in [5, 5.41) is 3.42. The Bertz CT molecular complexity index is 219. The van der Waals surface area contributed by atoms with Gasteiger partial charge in [-0.3, -0.25) is 0 Å². The first kappa shape index (κ1) is 13.3. The molecule has 2 saturated heterocycles. The highest BCUT2D eigenvalue weighted by atomic mass is 16.5. The molecule has 0 bridgehead atoms. The Hall–Kier alpha value is -0.160. The fraction of sp³-hybridized carbons (Fsp3) is 1.00. The lowest BCUT2D eigenvalue weighted by molar-refractivity contribution is 0.0129. The van der Waals surface area contributed by atoms with Gasteiger partial charge in [0.2, 0.25) is 0 Å². The lowest BCUT2D eigenvalue weighted by atomic mass is 9.95. The summed E-state index contributed by atoms with van der Waals surface area (Å²) in [6, 6.07) is 0.607. The molecule has 0 spiro atoms. The molecule has 3 unspecified atom stereocenters. The highest BCUT2D eigenvalue weighted by Gasteiger charge is 2.26. The SMILES string of the molecule is CNC1CCOCC1CN(C)CC1CCCO1. The Balaban J connectivity index is 1.73. The van der Waals surface area contributed by atoms with Gasteiger partial charge in [0.15, 0.2) is 0 Å². The summed E-state index contributed by atoms with van der Waals surface area (Å²) < 4.78 is 11.3. The molecule has 100 valence electrons. The van der Waals surface area contributed by atoms with E-state index in [9.17, 15) is 0 Å². The minimum atomic E-state index is 0.456. The van der Waals surface area contributed by atoms with E-state index >= 15 is 0 Å². The third kappa shape index (κ3) is 3.91. The van der Waals surface area contributed by atoms with Gasteiger partial charge >= 0.3 is 0 Å². The van der Waals surface area contributed by atoms with Crippen molar-refractivity contribution < 1.29 is 9.47 Å². The highest BCUT2D eigenvalue weighted by molar-refractivity contribution is 4.81. The summed E-state index contributed by atoms with van der Waals surface area (Å²) in [7, 11) is 4.26. The van der Waals surface area contributed by atoms with Crippen LogP contribution in [-0.2, 0) is 9.47 Å². The molecule has 0 aromatic heterocycles. The molecular weight excluding hydrogens is 216 g/mol. The molecule has 0 saturated carbocycles. The minimum absolute atomic E-state index is 0.456. The first-order chi connectivity index (χ1) is 8.29. The molecule has 4 nitrogen and oxygen atoms in total. The summed E-state index contributed by atoms with van der Waals surface area (Å²) in [5.41, 5.74) is 0. The van der Waals surface area contributed by atoms with Crippen LogP contribution in [0, 0.1) is 5.92 Å². The van der Waals surface area contributed by atoms with Crippen molar-refractivity contribution in [2.75, 3.05) is 47.0 Å². The maximum absolute atomic E-state index is 5.68. The standard InChI is InChI=1S/C13H26N2O2/c1-14-13-5-7-16-10-11(13)8-15(2)9-12-4-3-6-17-12/h11-14H,3-10H2,1-2H3. The molecule has 0 aromatic rings. The van der Waals surface area contributed by atoms with E-state index in [2.05, 4.69) is 24.3 Å². The van der Waals surface area contributed by atoms with E-state index in [0.29, 0.717) is 18.1 Å². The number of likely N-dealkylation sites (N-methyl/N-ethyl adjacent to an activating group) is 1. The van der Waals surface area contributed by atoms with Gasteiger partial charge in [0.05, 0.1) is 12.7 Å². The van der Waals surface area contributed by atoms with Gasteiger partial charge in [-0.1, -0.05) is 0 Å². The van der Waals surface area contributed by atoms with Crippen molar-refractivity contribution in [2.24, 2.45) is 5.92 Å². The average Bonchev–Trinajstić information content (AvgIpc) is 2.82. The molecule has 2 aliphatic heterocycles.